The molecule has 0 saturated carbocycles. The standard InChI is InChI=1S/C24H30N2O2/c1-19-9-7-8-16-26(19)18-22-13-6-5-12-21(22)17-25-24(28)15-14-23(27)20-10-3-2-4-11-20/h2-6,10-13,19H,7-9,14-18H2,1H3,(H,25,28)/t19-/m0/s1. The number of carbonyl (C=O) groups excluding carboxylic acids is 2. The smallest absolute Gasteiger partial charge is 0.220 e. The minimum Gasteiger partial charge on any atom is -0.352 e. The van der Waals surface area contributed by atoms with Crippen molar-refractivity contribution < 1.29 is 9.59 Å². The molecule has 1 fully saturated rings. The number of nitrogens with one attached hydrogen (secondary N) is 1. The minimum atomic E-state index is -0.0783. The highest BCUT2D eigenvalue weighted by atomic mass is 16.2. The first-order valence-corrected chi connectivity index (χ1v) is 10.3. The Hall–Kier alpha value is -2.46. The van der Waals surface area contributed by atoms with E-state index in [9.17, 15) is 9.59 Å². The molecule has 1 saturated heterocycles. The van der Waals surface area contributed by atoms with Crippen LogP contribution in [0.25, 0.3) is 0 Å². The van der Waals surface area contributed by atoms with Crippen LogP contribution in [-0.2, 0) is 17.9 Å². The van der Waals surface area contributed by atoms with Crippen molar-refractivity contribution in [2.75, 3.05) is 6.54 Å². The van der Waals surface area contributed by atoms with Gasteiger partial charge in [-0.25, -0.2) is 0 Å². The molecule has 4 nitrogen and oxygen atoms in total. The van der Waals surface area contributed by atoms with Gasteiger partial charge >= 0.3 is 0 Å². The van der Waals surface area contributed by atoms with Crippen molar-refractivity contribution >= 4 is 11.7 Å². The molecule has 148 valence electrons. The van der Waals surface area contributed by atoms with Gasteiger partial charge in [0.25, 0.3) is 0 Å². The van der Waals surface area contributed by atoms with Gasteiger partial charge in [0.2, 0.25) is 5.91 Å². The second-order valence-electron chi connectivity index (χ2n) is 7.65. The monoisotopic (exact) mass is 378 g/mol. The zero-order valence-corrected chi connectivity index (χ0v) is 16.7. The number of benzene rings is 2. The summed E-state index contributed by atoms with van der Waals surface area (Å²) in [6.07, 6.45) is 4.30. The molecule has 1 amide bonds. The summed E-state index contributed by atoms with van der Waals surface area (Å²) in [4.78, 5) is 26.9. The normalized spacial score (nSPS) is 17.2. The maximum absolute atomic E-state index is 12.2. The van der Waals surface area contributed by atoms with Gasteiger partial charge in [-0.05, 0) is 37.4 Å². The third-order valence-corrected chi connectivity index (χ3v) is 5.58. The number of nitrogens with zero attached hydrogens (tertiary/aromatic N) is 1. The van der Waals surface area contributed by atoms with Crippen LogP contribution in [0.5, 0.6) is 0 Å². The lowest BCUT2D eigenvalue weighted by Crippen LogP contribution is -2.37. The Balaban J connectivity index is 1.50. The number of hydrogen-bond acceptors (Lipinski definition) is 3. The van der Waals surface area contributed by atoms with E-state index in [4.69, 9.17) is 0 Å². The molecule has 2 aromatic rings. The van der Waals surface area contributed by atoms with E-state index in [0.717, 1.165) is 18.7 Å². The first kappa shape index (κ1) is 20.3. The Morgan fingerprint density at radius 2 is 1.68 bits per heavy atom. The molecule has 0 spiro atoms. The van der Waals surface area contributed by atoms with E-state index in [1.165, 1.54) is 24.8 Å². The molecular weight excluding hydrogens is 348 g/mol. The van der Waals surface area contributed by atoms with E-state index in [1.807, 2.05) is 24.3 Å². The van der Waals surface area contributed by atoms with Crippen LogP contribution in [0.1, 0.15) is 60.5 Å². The van der Waals surface area contributed by atoms with E-state index in [-0.39, 0.29) is 24.5 Å². The lowest BCUT2D eigenvalue weighted by atomic mass is 10.0. The van der Waals surface area contributed by atoms with Crippen LogP contribution in [-0.4, -0.2) is 29.2 Å². The van der Waals surface area contributed by atoms with Crippen LogP contribution in [0.3, 0.4) is 0 Å². The molecule has 0 aromatic heterocycles. The molecule has 0 unspecified atom stereocenters. The number of rotatable bonds is 8. The van der Waals surface area contributed by atoms with Gasteiger partial charge in [-0.2, -0.15) is 0 Å². The van der Waals surface area contributed by atoms with Gasteiger partial charge in [0.15, 0.2) is 5.78 Å². The third-order valence-electron chi connectivity index (χ3n) is 5.58. The molecular formula is C24H30N2O2. The summed E-state index contributed by atoms with van der Waals surface area (Å²) < 4.78 is 0. The fraction of sp³-hybridized carbons (Fsp3) is 0.417. The van der Waals surface area contributed by atoms with Crippen LogP contribution >= 0.6 is 0 Å². The quantitative estimate of drug-likeness (QED) is 0.695. The van der Waals surface area contributed by atoms with Crippen molar-refractivity contribution in [3.63, 3.8) is 0 Å². The summed E-state index contributed by atoms with van der Waals surface area (Å²) in [5.74, 6) is -0.0688. The van der Waals surface area contributed by atoms with E-state index in [0.29, 0.717) is 18.2 Å². The zero-order chi connectivity index (χ0) is 19.8. The second-order valence-corrected chi connectivity index (χ2v) is 7.65. The summed E-state index contributed by atoms with van der Waals surface area (Å²) in [5.41, 5.74) is 3.09. The number of likely N-dealkylation sites (tertiary alicyclic amines) is 1. The Bertz CT molecular complexity index is 788. The van der Waals surface area contributed by atoms with Crippen molar-refractivity contribution in [2.45, 2.75) is 58.2 Å². The van der Waals surface area contributed by atoms with E-state index in [2.05, 4.69) is 35.3 Å². The maximum atomic E-state index is 12.2. The lowest BCUT2D eigenvalue weighted by molar-refractivity contribution is -0.121. The van der Waals surface area contributed by atoms with Gasteiger partial charge in [-0.3, -0.25) is 14.5 Å². The molecule has 3 rings (SSSR count). The van der Waals surface area contributed by atoms with E-state index < -0.39 is 0 Å². The largest absolute Gasteiger partial charge is 0.352 e. The summed E-state index contributed by atoms with van der Waals surface area (Å²) in [6, 6.07) is 18.1. The highest BCUT2D eigenvalue weighted by Gasteiger charge is 2.19. The first-order chi connectivity index (χ1) is 13.6. The Morgan fingerprint density at radius 3 is 2.43 bits per heavy atom. The van der Waals surface area contributed by atoms with Crippen LogP contribution in [0.4, 0.5) is 0 Å². The summed E-state index contributed by atoms with van der Waals surface area (Å²) in [5, 5.41) is 2.98. The highest BCUT2D eigenvalue weighted by molar-refractivity contribution is 5.97. The number of carbonyl (C=O) groups is 2. The third kappa shape index (κ3) is 5.77. The molecule has 0 radical (unpaired) electrons. The molecule has 2 aromatic carbocycles. The van der Waals surface area contributed by atoms with Gasteiger partial charge < -0.3 is 5.32 Å². The van der Waals surface area contributed by atoms with Crippen molar-refractivity contribution in [1.82, 2.24) is 10.2 Å². The van der Waals surface area contributed by atoms with Crippen LogP contribution in [0, 0.1) is 0 Å². The van der Waals surface area contributed by atoms with Gasteiger partial charge in [0.1, 0.15) is 0 Å². The summed E-state index contributed by atoms with van der Waals surface area (Å²) >= 11 is 0. The fourth-order valence-corrected chi connectivity index (χ4v) is 3.77. The van der Waals surface area contributed by atoms with E-state index in [1.54, 1.807) is 12.1 Å². The molecule has 1 atom stereocenters. The Morgan fingerprint density at radius 1 is 0.964 bits per heavy atom. The maximum Gasteiger partial charge on any atom is 0.220 e. The van der Waals surface area contributed by atoms with Crippen LogP contribution in [0.2, 0.25) is 0 Å². The average Bonchev–Trinajstić information content (AvgIpc) is 2.73. The molecule has 28 heavy (non-hydrogen) atoms. The lowest BCUT2D eigenvalue weighted by Gasteiger charge is -2.33. The molecule has 1 aliphatic rings. The fourth-order valence-electron chi connectivity index (χ4n) is 3.77. The SMILES string of the molecule is C[C@H]1CCCCN1Cc1ccccc1CNC(=O)CCC(=O)c1ccccc1. The van der Waals surface area contributed by atoms with Crippen molar-refractivity contribution in [1.29, 1.82) is 0 Å². The Labute approximate surface area is 167 Å². The second kappa shape index (κ2) is 10.2. The molecule has 0 aliphatic carbocycles. The van der Waals surface area contributed by atoms with Crippen LogP contribution in [0.15, 0.2) is 54.6 Å². The number of hydrogen-bond donors (Lipinski definition) is 1. The zero-order valence-electron chi connectivity index (χ0n) is 16.7. The van der Waals surface area contributed by atoms with Gasteiger partial charge in [0, 0.05) is 37.5 Å². The van der Waals surface area contributed by atoms with Crippen LogP contribution < -0.4 is 5.32 Å². The van der Waals surface area contributed by atoms with Gasteiger partial charge in [-0.15, -0.1) is 0 Å². The number of Topliss-reactive ketones (excluding diaryl/α,β-unsaturated/α-hetero) is 1. The van der Waals surface area contributed by atoms with E-state index >= 15 is 0 Å². The van der Waals surface area contributed by atoms with Gasteiger partial charge in [-0.1, -0.05) is 61.0 Å². The molecule has 1 N–H and O–H groups in total. The van der Waals surface area contributed by atoms with Crippen molar-refractivity contribution in [3.05, 3.63) is 71.3 Å². The number of ketones is 1. The van der Waals surface area contributed by atoms with Crippen molar-refractivity contribution in [3.8, 4) is 0 Å². The van der Waals surface area contributed by atoms with Gasteiger partial charge in [0.05, 0.1) is 0 Å². The molecule has 4 heteroatoms. The number of piperidine rings is 1. The summed E-state index contributed by atoms with van der Waals surface area (Å²) in [6.45, 7) is 4.88. The number of amides is 1. The predicted octanol–water partition coefficient (Wildman–Crippen LogP) is 4.34. The predicted molar refractivity (Wildman–Crippen MR) is 112 cm³/mol. The topological polar surface area (TPSA) is 49.4 Å². The highest BCUT2D eigenvalue weighted by Crippen LogP contribution is 2.20. The average molecular weight is 379 g/mol. The van der Waals surface area contributed by atoms with Crippen molar-refractivity contribution in [2.24, 2.45) is 0 Å². The molecule has 1 heterocycles. The first-order valence-electron chi connectivity index (χ1n) is 10.3. The molecule has 0 bridgehead atoms. The summed E-state index contributed by atoms with van der Waals surface area (Å²) in [7, 11) is 0. The minimum absolute atomic E-state index is 0.00948. The Kier molecular flexibility index (Phi) is 7.38. The molecule has 1 aliphatic heterocycles.